The average molecular weight is 580 g/mol. The summed E-state index contributed by atoms with van der Waals surface area (Å²) in [5.41, 5.74) is 5.00. The summed E-state index contributed by atoms with van der Waals surface area (Å²) in [6.07, 6.45) is 5.66. The lowest BCUT2D eigenvalue weighted by Gasteiger charge is -2.37. The second-order valence-electron chi connectivity index (χ2n) is 10.2. The van der Waals surface area contributed by atoms with Gasteiger partial charge < -0.3 is 14.7 Å². The highest BCUT2D eigenvalue weighted by molar-refractivity contribution is 5.87. The quantitative estimate of drug-likeness (QED) is 0.338. The molecule has 0 spiro atoms. The number of anilines is 1. The molecule has 0 aromatic carbocycles. The summed E-state index contributed by atoms with van der Waals surface area (Å²) in [4.78, 5) is 32.2. The topological polar surface area (TPSA) is 116 Å². The van der Waals surface area contributed by atoms with Gasteiger partial charge in [0.1, 0.15) is 11.9 Å². The van der Waals surface area contributed by atoms with Crippen molar-refractivity contribution in [2.45, 2.75) is 25.1 Å². The molecule has 14 heteroatoms. The fourth-order valence-electron chi connectivity index (χ4n) is 4.85. The maximum Gasteiger partial charge on any atom is 0.446 e. The zero-order chi connectivity index (χ0) is 30.0. The molecule has 218 valence electrons. The van der Waals surface area contributed by atoms with E-state index in [1.807, 2.05) is 60.8 Å². The average Bonchev–Trinajstić information content (AvgIpc) is 3.63. The molecule has 4 aromatic rings. The first-order valence-electron chi connectivity index (χ1n) is 13.2. The monoisotopic (exact) mass is 579 g/mol. The molecular formula is C28H28F3N9O2. The fraction of sp³-hybridized carbons (Fsp3) is 0.357. The lowest BCUT2D eigenvalue weighted by atomic mass is 10.0. The normalized spacial score (nSPS) is 15.1. The van der Waals surface area contributed by atoms with Gasteiger partial charge in [0.25, 0.3) is 0 Å². The number of halogens is 3. The molecule has 1 saturated carbocycles. The Morgan fingerprint density at radius 3 is 2.31 bits per heavy atom. The van der Waals surface area contributed by atoms with Gasteiger partial charge in [-0.1, -0.05) is 0 Å². The predicted octanol–water partition coefficient (Wildman–Crippen LogP) is 3.75. The van der Waals surface area contributed by atoms with Gasteiger partial charge in [0, 0.05) is 87.2 Å². The first-order chi connectivity index (χ1) is 20.1. The summed E-state index contributed by atoms with van der Waals surface area (Å²) in [6.45, 7) is 2.87. The highest BCUT2D eigenvalue weighted by atomic mass is 19.4. The number of piperazine rings is 1. The van der Waals surface area contributed by atoms with Crippen LogP contribution >= 0.6 is 0 Å². The summed E-state index contributed by atoms with van der Waals surface area (Å²) in [5.74, 6) is 0.884. The number of urea groups is 1. The molecular weight excluding hydrogens is 551 g/mol. The molecule has 0 N–H and O–H groups in total. The molecule has 0 bridgehead atoms. The number of fused-ring (bicyclic) bond motifs is 1. The molecule has 1 aliphatic carbocycles. The Morgan fingerprint density at radius 1 is 1.05 bits per heavy atom. The molecule has 2 amide bonds. The maximum atomic E-state index is 12.7. The molecule has 42 heavy (non-hydrogen) atoms. The second kappa shape index (κ2) is 11.5. The van der Waals surface area contributed by atoms with Crippen LogP contribution in [0.15, 0.2) is 49.2 Å². The first-order valence-corrected chi connectivity index (χ1v) is 13.2. The third-order valence-electron chi connectivity index (χ3n) is 7.23. The van der Waals surface area contributed by atoms with E-state index < -0.39 is 12.5 Å². The van der Waals surface area contributed by atoms with Gasteiger partial charge in [-0.25, -0.2) is 14.3 Å². The number of carbonyl (C=O) groups excluding carboxylic acids is 2. The number of hydrogen-bond donors (Lipinski definition) is 0. The first kappa shape index (κ1) is 28.6. The van der Waals surface area contributed by atoms with Crippen LogP contribution in [0.5, 0.6) is 0 Å². The van der Waals surface area contributed by atoms with Crippen LogP contribution in [0.3, 0.4) is 0 Å². The van der Waals surface area contributed by atoms with E-state index in [0.29, 0.717) is 24.7 Å². The molecule has 2 aliphatic rings. The standard InChI is InChI=1S/C26H27N9O.C2HF3O/c1-31-16-21(15-29-31)19-11-23(25-20(12-27)14-30-35(25)17-19)18-3-6-24(28-13-18)33-7-9-34(10-8-33)26(36)32(2)22-4-5-22;3-2(4,5)1-6/h3,6,11,13-17,22H,4-5,7-10H2,1-2H3;1H. The highest BCUT2D eigenvalue weighted by Crippen LogP contribution is 2.32. The van der Waals surface area contributed by atoms with E-state index in [4.69, 9.17) is 9.78 Å². The second-order valence-corrected chi connectivity index (χ2v) is 10.2. The molecule has 1 aliphatic heterocycles. The third-order valence-corrected chi connectivity index (χ3v) is 7.23. The summed E-state index contributed by atoms with van der Waals surface area (Å²) >= 11 is 0. The molecule has 6 rings (SSSR count). The molecule has 11 nitrogen and oxygen atoms in total. The number of amides is 2. The van der Waals surface area contributed by atoms with Crippen LogP contribution in [0.4, 0.5) is 23.8 Å². The van der Waals surface area contributed by atoms with Gasteiger partial charge >= 0.3 is 12.2 Å². The smallest absolute Gasteiger partial charge is 0.353 e. The van der Waals surface area contributed by atoms with Crippen molar-refractivity contribution in [3.05, 3.63) is 54.7 Å². The third kappa shape index (κ3) is 6.19. The number of alkyl halides is 3. The van der Waals surface area contributed by atoms with Gasteiger partial charge in [0.05, 0.1) is 23.5 Å². The Labute approximate surface area is 239 Å². The number of nitrogens with zero attached hydrogens (tertiary/aromatic N) is 9. The van der Waals surface area contributed by atoms with E-state index in [2.05, 4.69) is 27.2 Å². The van der Waals surface area contributed by atoms with E-state index in [1.54, 1.807) is 15.4 Å². The Kier molecular flexibility index (Phi) is 7.84. The summed E-state index contributed by atoms with van der Waals surface area (Å²) in [5, 5.41) is 18.4. The SMILES string of the molecule is CN(C(=O)N1CCN(c2ccc(-c3cc(-c4cnn(C)c4)cn4ncc(C#N)c34)cn2)CC1)C1CC1.O=CC(F)(F)F. The number of hydrogen-bond acceptors (Lipinski definition) is 7. The fourth-order valence-corrected chi connectivity index (χ4v) is 4.85. The van der Waals surface area contributed by atoms with Crippen molar-refractivity contribution in [1.82, 2.24) is 34.2 Å². The Morgan fingerprint density at radius 2 is 1.76 bits per heavy atom. The molecule has 4 aromatic heterocycles. The predicted molar refractivity (Wildman–Crippen MR) is 147 cm³/mol. The molecule has 0 atom stereocenters. The van der Waals surface area contributed by atoms with Crippen molar-refractivity contribution >= 4 is 23.7 Å². The van der Waals surface area contributed by atoms with Gasteiger partial charge in [0.2, 0.25) is 6.29 Å². The number of aldehydes is 1. The lowest BCUT2D eigenvalue weighted by molar-refractivity contribution is -0.156. The van der Waals surface area contributed by atoms with Gasteiger partial charge in [-0.15, -0.1) is 0 Å². The lowest BCUT2D eigenvalue weighted by Crippen LogP contribution is -2.52. The van der Waals surface area contributed by atoms with E-state index in [9.17, 15) is 23.2 Å². The summed E-state index contributed by atoms with van der Waals surface area (Å²) in [6, 6.07) is 8.92. The number of pyridine rings is 2. The Hall–Kier alpha value is -4.93. The Bertz CT molecular complexity index is 1630. The Balaban J connectivity index is 0.000000535. The van der Waals surface area contributed by atoms with E-state index in [1.165, 1.54) is 0 Å². The minimum atomic E-state index is -4.64. The van der Waals surface area contributed by atoms with Crippen molar-refractivity contribution in [2.24, 2.45) is 7.05 Å². The van der Waals surface area contributed by atoms with Gasteiger partial charge in [-0.2, -0.15) is 28.6 Å². The minimum absolute atomic E-state index is 0.132. The maximum absolute atomic E-state index is 12.7. The van der Waals surface area contributed by atoms with Crippen LogP contribution < -0.4 is 4.90 Å². The number of rotatable bonds is 4. The van der Waals surface area contributed by atoms with Crippen LogP contribution in [0.1, 0.15) is 18.4 Å². The van der Waals surface area contributed by atoms with E-state index >= 15 is 0 Å². The van der Waals surface area contributed by atoms with Crippen LogP contribution in [-0.2, 0) is 11.8 Å². The van der Waals surface area contributed by atoms with Crippen LogP contribution in [0, 0.1) is 11.3 Å². The number of carbonyl (C=O) groups is 2. The molecule has 1 saturated heterocycles. The zero-order valence-corrected chi connectivity index (χ0v) is 23.0. The van der Waals surface area contributed by atoms with Crippen molar-refractivity contribution in [3.8, 4) is 28.3 Å². The largest absolute Gasteiger partial charge is 0.446 e. The highest BCUT2D eigenvalue weighted by Gasteiger charge is 2.33. The molecule has 0 radical (unpaired) electrons. The van der Waals surface area contributed by atoms with Crippen LogP contribution in [0.25, 0.3) is 27.8 Å². The minimum Gasteiger partial charge on any atom is -0.353 e. The van der Waals surface area contributed by atoms with Gasteiger partial charge in [0.15, 0.2) is 0 Å². The summed E-state index contributed by atoms with van der Waals surface area (Å²) < 4.78 is 34.8. The van der Waals surface area contributed by atoms with Crippen LogP contribution in [-0.4, -0.2) is 91.9 Å². The van der Waals surface area contributed by atoms with Crippen LogP contribution in [0.2, 0.25) is 0 Å². The van der Waals surface area contributed by atoms with Crippen molar-refractivity contribution in [2.75, 3.05) is 38.1 Å². The number of aryl methyl sites for hydroxylation is 1. The van der Waals surface area contributed by atoms with Crippen molar-refractivity contribution in [1.29, 1.82) is 5.26 Å². The van der Waals surface area contributed by atoms with Gasteiger partial charge in [-0.3, -0.25) is 9.48 Å². The van der Waals surface area contributed by atoms with Gasteiger partial charge in [-0.05, 0) is 31.0 Å². The number of aromatic nitrogens is 5. The van der Waals surface area contributed by atoms with Crippen molar-refractivity contribution in [3.63, 3.8) is 0 Å². The molecule has 2 fully saturated rings. The summed E-state index contributed by atoms with van der Waals surface area (Å²) in [7, 11) is 3.79. The molecule has 5 heterocycles. The zero-order valence-electron chi connectivity index (χ0n) is 23.0. The molecule has 0 unspecified atom stereocenters. The van der Waals surface area contributed by atoms with Crippen molar-refractivity contribution < 1.29 is 22.8 Å². The van der Waals surface area contributed by atoms with E-state index in [0.717, 1.165) is 59.5 Å². The van der Waals surface area contributed by atoms with E-state index in [-0.39, 0.29) is 6.03 Å². The number of nitriles is 1.